The lowest BCUT2D eigenvalue weighted by atomic mass is 9.97. The number of likely N-dealkylation sites (tertiary alicyclic amines) is 1. The summed E-state index contributed by atoms with van der Waals surface area (Å²) in [6.45, 7) is 4.05. The summed E-state index contributed by atoms with van der Waals surface area (Å²) in [6.07, 6.45) is 3.44. The first kappa shape index (κ1) is 16.6. The maximum absolute atomic E-state index is 12.1. The SMILES string of the molecule is CCCC(=O)N1CCCC(c2nc(-c3ccc(CN)cc3)no2)C1. The summed E-state index contributed by atoms with van der Waals surface area (Å²) in [5, 5.41) is 4.10. The maximum atomic E-state index is 12.1. The third kappa shape index (κ3) is 3.64. The van der Waals surface area contributed by atoms with Crippen molar-refractivity contribution in [2.45, 2.75) is 45.1 Å². The number of carbonyl (C=O) groups is 1. The molecule has 1 aliphatic rings. The van der Waals surface area contributed by atoms with Crippen LogP contribution in [0.5, 0.6) is 0 Å². The van der Waals surface area contributed by atoms with Crippen molar-refractivity contribution in [2.75, 3.05) is 13.1 Å². The van der Waals surface area contributed by atoms with Crippen LogP contribution in [0.3, 0.4) is 0 Å². The van der Waals surface area contributed by atoms with E-state index < -0.39 is 0 Å². The Labute approximate surface area is 142 Å². The molecule has 2 heterocycles. The van der Waals surface area contributed by atoms with E-state index in [0.29, 0.717) is 31.2 Å². The van der Waals surface area contributed by atoms with Crippen LogP contribution in [0.1, 0.15) is 50.0 Å². The molecular formula is C18H24N4O2. The first-order valence-corrected chi connectivity index (χ1v) is 8.62. The van der Waals surface area contributed by atoms with Gasteiger partial charge in [0.2, 0.25) is 17.6 Å². The first-order valence-electron chi connectivity index (χ1n) is 8.62. The number of nitrogens with zero attached hydrogens (tertiary/aromatic N) is 3. The van der Waals surface area contributed by atoms with Gasteiger partial charge in [-0.25, -0.2) is 0 Å². The molecule has 128 valence electrons. The average molecular weight is 328 g/mol. The number of amides is 1. The van der Waals surface area contributed by atoms with Crippen LogP contribution in [-0.2, 0) is 11.3 Å². The molecule has 0 aliphatic carbocycles. The summed E-state index contributed by atoms with van der Waals surface area (Å²) in [5.41, 5.74) is 7.60. The number of nitrogens with two attached hydrogens (primary N) is 1. The van der Waals surface area contributed by atoms with Crippen LogP contribution in [0, 0.1) is 0 Å². The number of carbonyl (C=O) groups excluding carboxylic acids is 1. The van der Waals surface area contributed by atoms with Crippen LogP contribution in [0.2, 0.25) is 0 Å². The lowest BCUT2D eigenvalue weighted by Gasteiger charge is -2.31. The maximum Gasteiger partial charge on any atom is 0.231 e. The lowest BCUT2D eigenvalue weighted by molar-refractivity contribution is -0.132. The zero-order chi connectivity index (χ0) is 16.9. The van der Waals surface area contributed by atoms with Gasteiger partial charge in [-0.2, -0.15) is 4.98 Å². The Morgan fingerprint density at radius 3 is 2.88 bits per heavy atom. The van der Waals surface area contributed by atoms with Gasteiger partial charge in [0, 0.05) is 31.6 Å². The van der Waals surface area contributed by atoms with E-state index in [1.807, 2.05) is 36.1 Å². The second kappa shape index (κ2) is 7.57. The normalized spacial score (nSPS) is 17.9. The van der Waals surface area contributed by atoms with E-state index in [2.05, 4.69) is 10.1 Å². The lowest BCUT2D eigenvalue weighted by Crippen LogP contribution is -2.39. The molecule has 1 atom stereocenters. The van der Waals surface area contributed by atoms with Crippen LogP contribution >= 0.6 is 0 Å². The second-order valence-electron chi connectivity index (χ2n) is 6.29. The second-order valence-corrected chi connectivity index (χ2v) is 6.29. The van der Waals surface area contributed by atoms with Gasteiger partial charge < -0.3 is 15.2 Å². The zero-order valence-corrected chi connectivity index (χ0v) is 14.1. The van der Waals surface area contributed by atoms with E-state index in [4.69, 9.17) is 10.3 Å². The highest BCUT2D eigenvalue weighted by Gasteiger charge is 2.28. The molecular weight excluding hydrogens is 304 g/mol. The van der Waals surface area contributed by atoms with Crippen molar-refractivity contribution in [1.82, 2.24) is 15.0 Å². The van der Waals surface area contributed by atoms with Crippen molar-refractivity contribution >= 4 is 5.91 Å². The van der Waals surface area contributed by atoms with Crippen molar-refractivity contribution in [3.63, 3.8) is 0 Å². The topological polar surface area (TPSA) is 85.2 Å². The van der Waals surface area contributed by atoms with E-state index in [1.54, 1.807) is 0 Å². The van der Waals surface area contributed by atoms with Gasteiger partial charge in [0.15, 0.2) is 0 Å². The van der Waals surface area contributed by atoms with Crippen molar-refractivity contribution in [3.8, 4) is 11.4 Å². The van der Waals surface area contributed by atoms with Crippen molar-refractivity contribution < 1.29 is 9.32 Å². The fourth-order valence-electron chi connectivity index (χ4n) is 3.09. The number of piperidine rings is 1. The average Bonchev–Trinajstić information content (AvgIpc) is 3.12. The number of hydrogen-bond acceptors (Lipinski definition) is 5. The van der Waals surface area contributed by atoms with Gasteiger partial charge in [-0.3, -0.25) is 4.79 Å². The largest absolute Gasteiger partial charge is 0.342 e. The summed E-state index contributed by atoms with van der Waals surface area (Å²) in [6, 6.07) is 7.85. The van der Waals surface area contributed by atoms with Crippen molar-refractivity contribution in [3.05, 3.63) is 35.7 Å². The molecule has 1 fully saturated rings. The quantitative estimate of drug-likeness (QED) is 0.912. The highest BCUT2D eigenvalue weighted by atomic mass is 16.5. The standard InChI is InChI=1S/C18H24N4O2/c1-2-4-16(23)22-10-3-5-15(12-22)18-20-17(21-24-18)14-8-6-13(11-19)7-9-14/h6-9,15H,2-5,10-12,19H2,1H3. The van der Waals surface area contributed by atoms with Crippen LogP contribution in [0.15, 0.2) is 28.8 Å². The minimum Gasteiger partial charge on any atom is -0.342 e. The molecule has 0 radical (unpaired) electrons. The molecule has 1 unspecified atom stereocenters. The van der Waals surface area contributed by atoms with Gasteiger partial charge >= 0.3 is 0 Å². The van der Waals surface area contributed by atoms with Crippen LogP contribution in [0.4, 0.5) is 0 Å². The molecule has 0 spiro atoms. The van der Waals surface area contributed by atoms with Crippen molar-refractivity contribution in [1.29, 1.82) is 0 Å². The number of rotatable bonds is 5. The highest BCUT2D eigenvalue weighted by Crippen LogP contribution is 2.28. The Balaban J connectivity index is 1.71. The molecule has 2 N–H and O–H groups in total. The third-order valence-corrected chi connectivity index (χ3v) is 4.48. The Kier molecular flexibility index (Phi) is 5.25. The van der Waals surface area contributed by atoms with E-state index in [9.17, 15) is 4.79 Å². The fourth-order valence-corrected chi connectivity index (χ4v) is 3.09. The Morgan fingerprint density at radius 2 is 2.17 bits per heavy atom. The number of benzene rings is 1. The molecule has 3 rings (SSSR count). The summed E-state index contributed by atoms with van der Waals surface area (Å²) in [4.78, 5) is 18.6. The molecule has 1 saturated heterocycles. The van der Waals surface area contributed by atoms with Gasteiger partial charge in [-0.15, -0.1) is 0 Å². The zero-order valence-electron chi connectivity index (χ0n) is 14.1. The molecule has 0 saturated carbocycles. The van der Waals surface area contributed by atoms with Crippen LogP contribution < -0.4 is 5.73 Å². The Morgan fingerprint density at radius 1 is 1.38 bits per heavy atom. The van der Waals surface area contributed by atoms with E-state index in [0.717, 1.165) is 36.9 Å². The first-order chi connectivity index (χ1) is 11.7. The van der Waals surface area contributed by atoms with Crippen LogP contribution in [-0.4, -0.2) is 34.0 Å². The van der Waals surface area contributed by atoms with E-state index >= 15 is 0 Å². The highest BCUT2D eigenvalue weighted by molar-refractivity contribution is 5.76. The predicted octanol–water partition coefficient (Wildman–Crippen LogP) is 2.70. The van der Waals surface area contributed by atoms with E-state index in [1.165, 1.54) is 0 Å². The minimum atomic E-state index is 0.129. The fraction of sp³-hybridized carbons (Fsp3) is 0.500. The van der Waals surface area contributed by atoms with Crippen LogP contribution in [0.25, 0.3) is 11.4 Å². The molecule has 24 heavy (non-hydrogen) atoms. The van der Waals surface area contributed by atoms with Crippen molar-refractivity contribution in [2.24, 2.45) is 5.73 Å². The molecule has 6 nitrogen and oxygen atoms in total. The Bertz CT molecular complexity index is 681. The van der Waals surface area contributed by atoms with Gasteiger partial charge in [0.25, 0.3) is 0 Å². The third-order valence-electron chi connectivity index (χ3n) is 4.48. The van der Waals surface area contributed by atoms with Gasteiger partial charge in [0.1, 0.15) is 0 Å². The number of aromatic nitrogens is 2. The molecule has 1 aromatic heterocycles. The number of hydrogen-bond donors (Lipinski definition) is 1. The predicted molar refractivity (Wildman–Crippen MR) is 91.1 cm³/mol. The summed E-state index contributed by atoms with van der Waals surface area (Å²) in [7, 11) is 0. The molecule has 0 bridgehead atoms. The van der Waals surface area contributed by atoms with E-state index in [-0.39, 0.29) is 11.8 Å². The van der Waals surface area contributed by atoms with Gasteiger partial charge in [-0.1, -0.05) is 36.3 Å². The van der Waals surface area contributed by atoms with Gasteiger partial charge in [0.05, 0.1) is 5.92 Å². The smallest absolute Gasteiger partial charge is 0.231 e. The molecule has 1 aromatic carbocycles. The molecule has 2 aromatic rings. The summed E-state index contributed by atoms with van der Waals surface area (Å²) in [5.74, 6) is 1.57. The molecule has 1 amide bonds. The Hall–Kier alpha value is -2.21. The molecule has 1 aliphatic heterocycles. The monoisotopic (exact) mass is 328 g/mol. The summed E-state index contributed by atoms with van der Waals surface area (Å²) >= 11 is 0. The molecule has 6 heteroatoms. The van der Waals surface area contributed by atoms with Gasteiger partial charge in [-0.05, 0) is 24.8 Å². The minimum absolute atomic E-state index is 0.129. The summed E-state index contributed by atoms with van der Waals surface area (Å²) < 4.78 is 5.48.